The monoisotopic (exact) mass is 914 g/mol. The van der Waals surface area contributed by atoms with E-state index >= 15 is 0 Å². The van der Waals surface area contributed by atoms with Crippen LogP contribution in [0.1, 0.15) is 0 Å². The van der Waals surface area contributed by atoms with Crippen LogP contribution >= 0.6 is 0 Å². The highest BCUT2D eigenvalue weighted by Gasteiger charge is 2.21. The third-order valence-electron chi connectivity index (χ3n) is 14.7. The van der Waals surface area contributed by atoms with Crippen molar-refractivity contribution >= 4 is 82.0 Å². The van der Waals surface area contributed by atoms with Gasteiger partial charge in [0.1, 0.15) is 0 Å². The summed E-state index contributed by atoms with van der Waals surface area (Å²) in [5, 5.41) is 12.4. The fourth-order valence-corrected chi connectivity index (χ4v) is 11.4. The molecule has 336 valence electrons. The van der Waals surface area contributed by atoms with E-state index in [1.54, 1.807) is 0 Å². The van der Waals surface area contributed by atoms with E-state index < -0.39 is 0 Å². The zero-order valence-electron chi connectivity index (χ0n) is 39.5. The molecule has 0 N–H and O–H groups in total. The number of para-hydroxylation sites is 2. The van der Waals surface area contributed by atoms with Crippen LogP contribution in [0.3, 0.4) is 0 Å². The summed E-state index contributed by atoms with van der Waals surface area (Å²) in [7, 11) is 0. The van der Waals surface area contributed by atoms with Gasteiger partial charge in [-0.1, -0.05) is 206 Å². The molecule has 0 saturated heterocycles. The normalized spacial score (nSPS) is 11.6. The predicted octanol–water partition coefficient (Wildman–Crippen LogP) is 19.5. The Morgan fingerprint density at radius 3 is 1.44 bits per heavy atom. The van der Waals surface area contributed by atoms with Gasteiger partial charge in [0.25, 0.3) is 0 Å². The first-order chi connectivity index (χ1) is 35.7. The number of rotatable bonds is 8. The maximum Gasteiger partial charge on any atom is 0.0542 e. The van der Waals surface area contributed by atoms with Gasteiger partial charge in [0.05, 0.1) is 11.0 Å². The summed E-state index contributed by atoms with van der Waals surface area (Å²) >= 11 is 0. The van der Waals surface area contributed by atoms with Crippen molar-refractivity contribution in [1.29, 1.82) is 0 Å². The summed E-state index contributed by atoms with van der Waals surface area (Å²) in [6.07, 6.45) is 0. The zero-order chi connectivity index (χ0) is 47.5. The van der Waals surface area contributed by atoms with Gasteiger partial charge in [-0.05, 0) is 160 Å². The van der Waals surface area contributed by atoms with Crippen LogP contribution in [0.2, 0.25) is 0 Å². The highest BCUT2D eigenvalue weighted by atomic mass is 15.1. The minimum atomic E-state index is 1.08. The molecule has 0 fully saturated rings. The van der Waals surface area contributed by atoms with Crippen LogP contribution in [0.15, 0.2) is 279 Å². The summed E-state index contributed by atoms with van der Waals surface area (Å²) in [6.45, 7) is 0. The van der Waals surface area contributed by atoms with E-state index in [1.807, 2.05) is 0 Å². The van der Waals surface area contributed by atoms with Crippen molar-refractivity contribution in [3.8, 4) is 50.2 Å². The summed E-state index contributed by atoms with van der Waals surface area (Å²) in [4.78, 5) is 2.41. The maximum atomic E-state index is 2.41. The first-order valence-electron chi connectivity index (χ1n) is 24.8. The number of hydrogen-bond acceptors (Lipinski definition) is 1. The van der Waals surface area contributed by atoms with Gasteiger partial charge in [-0.2, -0.15) is 0 Å². The van der Waals surface area contributed by atoms with E-state index in [-0.39, 0.29) is 0 Å². The molecule has 0 spiro atoms. The Labute approximate surface area is 418 Å². The molecule has 0 saturated carbocycles. The Morgan fingerprint density at radius 1 is 0.236 bits per heavy atom. The zero-order valence-corrected chi connectivity index (χ0v) is 39.5. The van der Waals surface area contributed by atoms with Gasteiger partial charge in [-0.15, -0.1) is 0 Å². The second kappa shape index (κ2) is 17.2. The van der Waals surface area contributed by atoms with Gasteiger partial charge in [-0.25, -0.2) is 0 Å². The molecule has 14 rings (SSSR count). The van der Waals surface area contributed by atoms with Crippen LogP contribution in [-0.2, 0) is 0 Å². The first-order valence-corrected chi connectivity index (χ1v) is 24.8. The van der Waals surface area contributed by atoms with E-state index in [1.165, 1.54) is 109 Å². The Kier molecular flexibility index (Phi) is 9.89. The van der Waals surface area contributed by atoms with Crippen LogP contribution in [0.4, 0.5) is 17.1 Å². The minimum Gasteiger partial charge on any atom is -0.310 e. The number of nitrogens with zero attached hydrogens (tertiary/aromatic N) is 2. The van der Waals surface area contributed by atoms with Crippen LogP contribution in [0.25, 0.3) is 115 Å². The molecule has 2 heteroatoms. The summed E-state index contributed by atoms with van der Waals surface area (Å²) < 4.78 is 2.38. The third kappa shape index (κ3) is 6.95. The number of fused-ring (bicyclic) bond motifs is 7. The fourth-order valence-electron chi connectivity index (χ4n) is 11.4. The van der Waals surface area contributed by atoms with Crippen molar-refractivity contribution in [2.45, 2.75) is 0 Å². The molecule has 2 nitrogen and oxygen atoms in total. The van der Waals surface area contributed by atoms with Gasteiger partial charge in [0.15, 0.2) is 0 Å². The molecule has 0 atom stereocenters. The Bertz CT molecular complexity index is 4310. The van der Waals surface area contributed by atoms with Crippen LogP contribution in [0.5, 0.6) is 0 Å². The predicted molar refractivity (Wildman–Crippen MR) is 307 cm³/mol. The van der Waals surface area contributed by atoms with Crippen LogP contribution in [-0.4, -0.2) is 4.57 Å². The largest absolute Gasteiger partial charge is 0.310 e. The number of anilines is 3. The Balaban J connectivity index is 0.911. The quantitative estimate of drug-likeness (QED) is 0.138. The van der Waals surface area contributed by atoms with Gasteiger partial charge in [0.2, 0.25) is 0 Å². The van der Waals surface area contributed by atoms with Crippen molar-refractivity contribution in [1.82, 2.24) is 4.57 Å². The van der Waals surface area contributed by atoms with Crippen molar-refractivity contribution in [2.24, 2.45) is 0 Å². The molecular weight excluding hydrogens is 869 g/mol. The molecule has 13 aromatic carbocycles. The molecule has 1 heterocycles. The molecule has 0 aliphatic rings. The van der Waals surface area contributed by atoms with Crippen molar-refractivity contribution in [3.05, 3.63) is 279 Å². The number of hydrogen-bond donors (Lipinski definition) is 0. The Hall–Kier alpha value is -9.50. The summed E-state index contributed by atoms with van der Waals surface area (Å²) in [5.41, 5.74) is 16.5. The van der Waals surface area contributed by atoms with Crippen LogP contribution < -0.4 is 4.90 Å². The SMILES string of the molecule is c1ccc(-n2c3ccccc3c3cc(N(c4ccc(-c5ccc6ccccc6c5)cc4)c4ccc(-c5c6ccccc6c(-c6cccc(-c7cccc8ccccc78)c6)c6ccccc56)cc4)ccc32)cc1. The minimum absolute atomic E-state index is 1.08. The lowest BCUT2D eigenvalue weighted by atomic mass is 9.85. The van der Waals surface area contributed by atoms with Crippen molar-refractivity contribution in [2.75, 3.05) is 4.90 Å². The molecule has 0 aliphatic heterocycles. The lowest BCUT2D eigenvalue weighted by Gasteiger charge is -2.26. The van der Waals surface area contributed by atoms with E-state index in [4.69, 9.17) is 0 Å². The van der Waals surface area contributed by atoms with Gasteiger partial charge >= 0.3 is 0 Å². The standard InChI is InChI=1S/C70H46N2/c1-2-22-55(23-3-1)72-67-31-13-12-25-61(67)66-46-58(42-43-68(66)72)71(56-38-34-48(35-39-56)52-33-32-47-16-4-5-18-51(47)44-52)57-40-36-50(37-41-57)69-62-26-8-10-28-64(62)70(65-29-11-9-27-63(65)69)54-21-14-20-53(45-54)60-30-15-19-49-17-6-7-24-59(49)60/h1-46H. The number of benzene rings is 13. The molecule has 0 aliphatic carbocycles. The van der Waals surface area contributed by atoms with E-state index in [9.17, 15) is 0 Å². The molecule has 0 amide bonds. The highest BCUT2D eigenvalue weighted by Crippen LogP contribution is 2.46. The average molecular weight is 915 g/mol. The number of aromatic nitrogens is 1. The molecule has 1 aromatic heterocycles. The van der Waals surface area contributed by atoms with Gasteiger partial charge < -0.3 is 9.47 Å². The lowest BCUT2D eigenvalue weighted by molar-refractivity contribution is 1.18. The van der Waals surface area contributed by atoms with Gasteiger partial charge in [-0.3, -0.25) is 0 Å². The fraction of sp³-hybridized carbons (Fsp3) is 0. The van der Waals surface area contributed by atoms with E-state index in [0.717, 1.165) is 22.7 Å². The van der Waals surface area contributed by atoms with Crippen molar-refractivity contribution < 1.29 is 0 Å². The highest BCUT2D eigenvalue weighted by molar-refractivity contribution is 6.21. The molecule has 0 radical (unpaired) electrons. The summed E-state index contributed by atoms with van der Waals surface area (Å²) in [6, 6.07) is 102. The van der Waals surface area contributed by atoms with E-state index in [2.05, 4.69) is 289 Å². The van der Waals surface area contributed by atoms with Crippen LogP contribution in [0, 0.1) is 0 Å². The second-order valence-corrected chi connectivity index (χ2v) is 18.8. The second-order valence-electron chi connectivity index (χ2n) is 18.8. The maximum absolute atomic E-state index is 2.41. The topological polar surface area (TPSA) is 8.17 Å². The molecule has 0 bridgehead atoms. The van der Waals surface area contributed by atoms with Crippen molar-refractivity contribution in [3.63, 3.8) is 0 Å². The summed E-state index contributed by atoms with van der Waals surface area (Å²) in [5.74, 6) is 0. The molecule has 0 unspecified atom stereocenters. The molecule has 72 heavy (non-hydrogen) atoms. The third-order valence-corrected chi connectivity index (χ3v) is 14.7. The molecular formula is C70H46N2. The lowest BCUT2D eigenvalue weighted by Crippen LogP contribution is -2.10. The Morgan fingerprint density at radius 2 is 0.736 bits per heavy atom. The smallest absolute Gasteiger partial charge is 0.0542 e. The van der Waals surface area contributed by atoms with E-state index in [0.29, 0.717) is 0 Å². The first kappa shape index (κ1) is 41.5. The average Bonchev–Trinajstić information content (AvgIpc) is 3.78. The molecule has 14 aromatic rings. The van der Waals surface area contributed by atoms with Gasteiger partial charge in [0, 0.05) is 33.5 Å².